The van der Waals surface area contributed by atoms with Gasteiger partial charge in [0.25, 0.3) is 0 Å². The summed E-state index contributed by atoms with van der Waals surface area (Å²) in [6.07, 6.45) is 7.40. The fourth-order valence-electron chi connectivity index (χ4n) is 4.03. The summed E-state index contributed by atoms with van der Waals surface area (Å²) in [6, 6.07) is 10.4. The molecule has 160 valence electrons. The monoisotopic (exact) mass is 415 g/mol. The van der Waals surface area contributed by atoms with Gasteiger partial charge in [0.05, 0.1) is 6.04 Å². The first-order chi connectivity index (χ1) is 13.7. The van der Waals surface area contributed by atoms with Crippen LogP contribution in [0.5, 0.6) is 0 Å². The van der Waals surface area contributed by atoms with Crippen LogP contribution in [0.3, 0.4) is 0 Å². The number of benzene rings is 1. The number of hydrogen-bond donors (Lipinski definition) is 0. The largest absolute Gasteiger partial charge is 0.445 e. The lowest BCUT2D eigenvalue weighted by atomic mass is 9.98. The van der Waals surface area contributed by atoms with E-state index in [0.29, 0.717) is 12.6 Å². The molecule has 3 rings (SSSR count). The number of fused-ring (bicyclic) bond motifs is 2. The van der Waals surface area contributed by atoms with Gasteiger partial charge >= 0.3 is 6.09 Å². The van der Waals surface area contributed by atoms with Gasteiger partial charge in [0.15, 0.2) is 8.32 Å². The van der Waals surface area contributed by atoms with Gasteiger partial charge in [-0.15, -0.1) is 0 Å². The van der Waals surface area contributed by atoms with Crippen LogP contribution in [-0.4, -0.2) is 38.0 Å². The summed E-state index contributed by atoms with van der Waals surface area (Å²) in [5, 5.41) is 0.261. The Hall–Kier alpha value is -1.59. The van der Waals surface area contributed by atoms with Crippen LogP contribution in [0.25, 0.3) is 0 Å². The lowest BCUT2D eigenvalue weighted by Crippen LogP contribution is -2.43. The molecular formula is C24H37NO3Si. The number of carbonyl (C=O) groups excluding carboxylic acids is 1. The number of carbonyl (C=O) groups is 1. The number of nitrogens with zero attached hydrogens (tertiary/aromatic N) is 1. The third-order valence-corrected chi connectivity index (χ3v) is 11.3. The zero-order valence-corrected chi connectivity index (χ0v) is 19.7. The molecule has 1 aromatic rings. The Bertz CT molecular complexity index is 723. The molecule has 0 aromatic heterocycles. The smallest absolute Gasteiger partial charge is 0.410 e. The van der Waals surface area contributed by atoms with E-state index >= 15 is 0 Å². The quantitative estimate of drug-likeness (QED) is 0.298. The van der Waals surface area contributed by atoms with Crippen LogP contribution in [-0.2, 0) is 15.8 Å². The minimum absolute atomic E-state index is 0.169. The number of amides is 1. The van der Waals surface area contributed by atoms with Gasteiger partial charge in [0.1, 0.15) is 6.61 Å². The third-order valence-electron chi connectivity index (χ3n) is 6.80. The topological polar surface area (TPSA) is 38.8 Å². The van der Waals surface area contributed by atoms with E-state index in [1.807, 2.05) is 35.2 Å². The van der Waals surface area contributed by atoms with E-state index < -0.39 is 8.32 Å². The molecule has 2 aliphatic rings. The zero-order chi connectivity index (χ0) is 21.1. The molecule has 1 fully saturated rings. The molecular weight excluding hydrogens is 378 g/mol. The van der Waals surface area contributed by atoms with Gasteiger partial charge in [0.2, 0.25) is 0 Å². The maximum Gasteiger partial charge on any atom is 0.410 e. The van der Waals surface area contributed by atoms with Crippen molar-refractivity contribution in [3.8, 4) is 0 Å². The summed E-state index contributed by atoms with van der Waals surface area (Å²) in [5.74, 6) is 0. The van der Waals surface area contributed by atoms with Gasteiger partial charge in [-0.05, 0) is 55.8 Å². The first kappa shape index (κ1) is 22.1. The molecule has 0 N–H and O–H groups in total. The fraction of sp³-hybridized carbons (Fsp3) is 0.625. The number of hydrogen-bond acceptors (Lipinski definition) is 3. The summed E-state index contributed by atoms with van der Waals surface area (Å²) in [5.41, 5.74) is 2.52. The summed E-state index contributed by atoms with van der Waals surface area (Å²) in [4.78, 5) is 14.6. The summed E-state index contributed by atoms with van der Waals surface area (Å²) < 4.78 is 11.9. The molecule has 2 heterocycles. The average molecular weight is 416 g/mol. The molecule has 2 bridgehead atoms. The van der Waals surface area contributed by atoms with Gasteiger partial charge in [-0.25, -0.2) is 4.79 Å². The van der Waals surface area contributed by atoms with Gasteiger partial charge in [-0.2, -0.15) is 0 Å². The van der Waals surface area contributed by atoms with Crippen molar-refractivity contribution >= 4 is 14.4 Å². The highest BCUT2D eigenvalue weighted by Gasteiger charge is 2.40. The minimum Gasteiger partial charge on any atom is -0.445 e. The summed E-state index contributed by atoms with van der Waals surface area (Å²) in [6.45, 7) is 12.7. The van der Waals surface area contributed by atoms with Crippen molar-refractivity contribution in [2.75, 3.05) is 6.61 Å². The molecule has 5 heteroatoms. The van der Waals surface area contributed by atoms with E-state index in [9.17, 15) is 4.79 Å². The SMILES string of the molecule is CC(C)(C)[Si](C)(C)OCCCC1=CC2CCC(C1)N2C(=O)OCc1ccccc1. The molecule has 0 spiro atoms. The van der Waals surface area contributed by atoms with Crippen molar-refractivity contribution < 1.29 is 14.0 Å². The molecule has 1 amide bonds. The molecule has 2 aliphatic heterocycles. The Morgan fingerprint density at radius 3 is 2.55 bits per heavy atom. The van der Waals surface area contributed by atoms with E-state index in [0.717, 1.165) is 44.3 Å². The molecule has 0 radical (unpaired) electrons. The Morgan fingerprint density at radius 2 is 1.90 bits per heavy atom. The maximum absolute atomic E-state index is 12.7. The van der Waals surface area contributed by atoms with Crippen LogP contribution in [0.2, 0.25) is 18.1 Å². The highest BCUT2D eigenvalue weighted by molar-refractivity contribution is 6.74. The zero-order valence-electron chi connectivity index (χ0n) is 18.7. The van der Waals surface area contributed by atoms with Crippen molar-refractivity contribution in [3.05, 3.63) is 47.5 Å². The van der Waals surface area contributed by atoms with E-state index in [2.05, 4.69) is 39.9 Å². The third kappa shape index (κ3) is 5.52. The van der Waals surface area contributed by atoms with E-state index in [-0.39, 0.29) is 17.2 Å². The highest BCUT2D eigenvalue weighted by Crippen LogP contribution is 2.38. The molecule has 29 heavy (non-hydrogen) atoms. The van der Waals surface area contributed by atoms with Crippen LogP contribution in [0.1, 0.15) is 58.4 Å². The molecule has 1 saturated heterocycles. The maximum atomic E-state index is 12.7. The van der Waals surface area contributed by atoms with Crippen LogP contribution in [0, 0.1) is 0 Å². The normalized spacial score (nSPS) is 21.8. The second-order valence-electron chi connectivity index (χ2n) is 9.99. The minimum atomic E-state index is -1.66. The first-order valence-corrected chi connectivity index (χ1v) is 13.9. The lowest BCUT2D eigenvalue weighted by molar-refractivity contribution is 0.0814. The number of ether oxygens (including phenoxy) is 1. The average Bonchev–Trinajstić information content (AvgIpc) is 2.94. The second kappa shape index (κ2) is 9.05. The van der Waals surface area contributed by atoms with Crippen molar-refractivity contribution in [1.29, 1.82) is 0 Å². The lowest BCUT2D eigenvalue weighted by Gasteiger charge is -2.36. The van der Waals surface area contributed by atoms with Gasteiger partial charge < -0.3 is 9.16 Å². The van der Waals surface area contributed by atoms with E-state index in [1.54, 1.807) is 0 Å². The molecule has 0 aliphatic carbocycles. The molecule has 2 unspecified atom stereocenters. The van der Waals surface area contributed by atoms with Crippen molar-refractivity contribution in [2.24, 2.45) is 0 Å². The van der Waals surface area contributed by atoms with Crippen molar-refractivity contribution in [2.45, 2.75) is 89.7 Å². The summed E-state index contributed by atoms with van der Waals surface area (Å²) >= 11 is 0. The van der Waals surface area contributed by atoms with E-state index in [1.165, 1.54) is 5.57 Å². The van der Waals surface area contributed by atoms with Crippen molar-refractivity contribution in [1.82, 2.24) is 4.90 Å². The fourth-order valence-corrected chi connectivity index (χ4v) is 5.11. The van der Waals surface area contributed by atoms with Gasteiger partial charge in [-0.1, -0.05) is 62.8 Å². The Kier molecular flexibility index (Phi) is 6.89. The molecule has 4 nitrogen and oxygen atoms in total. The molecule has 2 atom stereocenters. The van der Waals surface area contributed by atoms with Crippen LogP contribution < -0.4 is 0 Å². The predicted molar refractivity (Wildman–Crippen MR) is 120 cm³/mol. The Balaban J connectivity index is 1.47. The second-order valence-corrected chi connectivity index (χ2v) is 14.8. The highest BCUT2D eigenvalue weighted by atomic mass is 28.4. The van der Waals surface area contributed by atoms with Crippen LogP contribution >= 0.6 is 0 Å². The molecule has 1 aromatic carbocycles. The van der Waals surface area contributed by atoms with E-state index in [4.69, 9.17) is 9.16 Å². The van der Waals surface area contributed by atoms with Crippen LogP contribution in [0.15, 0.2) is 42.0 Å². The summed E-state index contributed by atoms with van der Waals surface area (Å²) in [7, 11) is -1.66. The Morgan fingerprint density at radius 1 is 1.17 bits per heavy atom. The van der Waals surface area contributed by atoms with Crippen molar-refractivity contribution in [3.63, 3.8) is 0 Å². The number of rotatable bonds is 7. The standard InChI is InChI=1S/C24H37NO3Si/c1-24(2,3)29(4,5)28-15-9-12-20-16-21-13-14-22(17-20)25(21)23(26)27-18-19-10-7-6-8-11-19/h6-8,10-11,16,21-22H,9,12-15,17-18H2,1-5H3. The molecule has 0 saturated carbocycles. The Labute approximate surface area is 177 Å². The predicted octanol–water partition coefficient (Wildman–Crippen LogP) is 6.29. The first-order valence-electron chi connectivity index (χ1n) is 11.0. The van der Waals surface area contributed by atoms with Gasteiger partial charge in [-0.3, -0.25) is 4.90 Å². The van der Waals surface area contributed by atoms with Gasteiger partial charge in [0, 0.05) is 12.6 Å². The van der Waals surface area contributed by atoms with Crippen LogP contribution in [0.4, 0.5) is 4.79 Å².